The van der Waals surface area contributed by atoms with Gasteiger partial charge in [0.1, 0.15) is 6.61 Å². The molecular weight excluding hydrogens is 316 g/mol. The number of amides is 2. The summed E-state index contributed by atoms with van der Waals surface area (Å²) in [6.45, 7) is 1.45. The maximum Gasteiger partial charge on any atom is 0.249 e. The highest BCUT2D eigenvalue weighted by Gasteiger charge is 2.30. The molecule has 2 aromatic rings. The van der Waals surface area contributed by atoms with Gasteiger partial charge in [-0.05, 0) is 11.1 Å². The van der Waals surface area contributed by atoms with E-state index in [9.17, 15) is 9.59 Å². The van der Waals surface area contributed by atoms with Crippen LogP contribution in [0.2, 0.25) is 0 Å². The summed E-state index contributed by atoms with van der Waals surface area (Å²) in [4.78, 5) is 26.3. The van der Waals surface area contributed by atoms with Gasteiger partial charge in [0.15, 0.2) is 0 Å². The van der Waals surface area contributed by atoms with Crippen LogP contribution >= 0.6 is 0 Å². The molecule has 1 aliphatic rings. The lowest BCUT2D eigenvalue weighted by Gasteiger charge is -2.35. The third-order valence-electron chi connectivity index (χ3n) is 4.25. The van der Waals surface area contributed by atoms with Crippen LogP contribution in [-0.2, 0) is 27.4 Å². The normalized spacial score (nSPS) is 17.4. The van der Waals surface area contributed by atoms with E-state index >= 15 is 0 Å². The molecule has 1 atom stereocenters. The van der Waals surface area contributed by atoms with Gasteiger partial charge in [0, 0.05) is 19.5 Å². The zero-order chi connectivity index (χ0) is 17.5. The molecule has 1 fully saturated rings. The second-order valence-electron chi connectivity index (χ2n) is 6.14. The fraction of sp³-hybridized carbons (Fsp3) is 0.300. The molecule has 0 saturated carbocycles. The summed E-state index contributed by atoms with van der Waals surface area (Å²) in [5, 5.41) is 2.91. The molecule has 1 heterocycles. The van der Waals surface area contributed by atoms with Crippen LogP contribution in [0.15, 0.2) is 60.7 Å². The second-order valence-corrected chi connectivity index (χ2v) is 6.14. The number of rotatable bonds is 6. The lowest BCUT2D eigenvalue weighted by Crippen LogP contribution is -2.50. The van der Waals surface area contributed by atoms with E-state index in [1.54, 1.807) is 4.90 Å². The number of hydrogen-bond acceptors (Lipinski definition) is 3. The van der Waals surface area contributed by atoms with Crippen molar-refractivity contribution in [1.29, 1.82) is 0 Å². The molecule has 1 saturated heterocycles. The standard InChI is InChI=1S/C20H22N2O3/c23-19(21-12-16-7-3-1-4-8-16)11-18-14-25-15-20(24)22(18)13-17-9-5-2-6-10-17/h1-10,18H,11-15H2,(H,21,23)/t18-/m1/s1. The van der Waals surface area contributed by atoms with Gasteiger partial charge in [0.05, 0.1) is 12.6 Å². The van der Waals surface area contributed by atoms with Crippen LogP contribution in [0.1, 0.15) is 17.5 Å². The molecule has 25 heavy (non-hydrogen) atoms. The van der Waals surface area contributed by atoms with Crippen LogP contribution in [0, 0.1) is 0 Å². The fourth-order valence-corrected chi connectivity index (χ4v) is 2.91. The van der Waals surface area contributed by atoms with Crippen LogP contribution < -0.4 is 5.32 Å². The molecule has 5 nitrogen and oxygen atoms in total. The van der Waals surface area contributed by atoms with Crippen LogP contribution in [0.25, 0.3) is 0 Å². The predicted octanol–water partition coefficient (Wildman–Crippen LogP) is 2.12. The quantitative estimate of drug-likeness (QED) is 0.878. The lowest BCUT2D eigenvalue weighted by molar-refractivity contribution is -0.150. The van der Waals surface area contributed by atoms with Crippen molar-refractivity contribution in [2.24, 2.45) is 0 Å². The number of nitrogens with zero attached hydrogens (tertiary/aromatic N) is 1. The molecule has 130 valence electrons. The molecule has 0 bridgehead atoms. The van der Waals surface area contributed by atoms with Crippen molar-refractivity contribution in [2.45, 2.75) is 25.6 Å². The minimum atomic E-state index is -0.239. The van der Waals surface area contributed by atoms with Gasteiger partial charge in [-0.1, -0.05) is 60.7 Å². The number of nitrogens with one attached hydrogen (secondary N) is 1. The molecule has 0 aromatic heterocycles. The number of carbonyl (C=O) groups is 2. The Labute approximate surface area is 147 Å². The number of ether oxygens (including phenoxy) is 1. The largest absolute Gasteiger partial charge is 0.369 e. The Morgan fingerprint density at radius 2 is 1.68 bits per heavy atom. The van der Waals surface area contributed by atoms with Crippen molar-refractivity contribution in [3.63, 3.8) is 0 Å². The summed E-state index contributed by atoms with van der Waals surface area (Å²) in [6.07, 6.45) is 0.241. The third kappa shape index (κ3) is 4.90. The number of morpholine rings is 1. The van der Waals surface area contributed by atoms with Crippen molar-refractivity contribution in [3.8, 4) is 0 Å². The van der Waals surface area contributed by atoms with Crippen LogP contribution in [0.3, 0.4) is 0 Å². The van der Waals surface area contributed by atoms with E-state index in [2.05, 4.69) is 5.32 Å². The van der Waals surface area contributed by atoms with Gasteiger partial charge in [0.2, 0.25) is 11.8 Å². The minimum absolute atomic E-state index is 0.0732. The molecule has 1 aliphatic heterocycles. The van der Waals surface area contributed by atoms with E-state index in [0.29, 0.717) is 19.7 Å². The molecular formula is C20H22N2O3. The monoisotopic (exact) mass is 338 g/mol. The Morgan fingerprint density at radius 3 is 2.36 bits per heavy atom. The molecule has 0 aliphatic carbocycles. The fourth-order valence-electron chi connectivity index (χ4n) is 2.91. The Kier molecular flexibility index (Phi) is 5.80. The van der Waals surface area contributed by atoms with E-state index in [1.165, 1.54) is 0 Å². The van der Waals surface area contributed by atoms with Crippen molar-refractivity contribution < 1.29 is 14.3 Å². The highest BCUT2D eigenvalue weighted by molar-refractivity contribution is 5.81. The first-order chi connectivity index (χ1) is 12.2. The van der Waals surface area contributed by atoms with Crippen LogP contribution in [0.4, 0.5) is 0 Å². The SMILES string of the molecule is O=C(C[C@@H]1COCC(=O)N1Cc1ccccc1)NCc1ccccc1. The van der Waals surface area contributed by atoms with Gasteiger partial charge in [-0.3, -0.25) is 9.59 Å². The summed E-state index contributed by atoms with van der Waals surface area (Å²) in [5.74, 6) is -0.152. The highest BCUT2D eigenvalue weighted by atomic mass is 16.5. The maximum atomic E-state index is 12.3. The summed E-state index contributed by atoms with van der Waals surface area (Å²) in [6, 6.07) is 19.3. The van der Waals surface area contributed by atoms with Crippen molar-refractivity contribution in [1.82, 2.24) is 10.2 Å². The molecule has 0 spiro atoms. The van der Waals surface area contributed by atoms with Gasteiger partial charge >= 0.3 is 0 Å². The average molecular weight is 338 g/mol. The first-order valence-corrected chi connectivity index (χ1v) is 8.44. The minimum Gasteiger partial charge on any atom is -0.369 e. The van der Waals surface area contributed by atoms with E-state index in [-0.39, 0.29) is 30.9 Å². The lowest BCUT2D eigenvalue weighted by atomic mass is 10.1. The maximum absolute atomic E-state index is 12.3. The first kappa shape index (κ1) is 17.2. The molecule has 2 aromatic carbocycles. The van der Waals surface area contributed by atoms with E-state index in [4.69, 9.17) is 4.74 Å². The summed E-state index contributed by atoms with van der Waals surface area (Å²) < 4.78 is 5.35. The Bertz CT molecular complexity index is 703. The third-order valence-corrected chi connectivity index (χ3v) is 4.25. The van der Waals surface area contributed by atoms with E-state index in [1.807, 2.05) is 60.7 Å². The highest BCUT2D eigenvalue weighted by Crippen LogP contribution is 2.16. The Balaban J connectivity index is 1.58. The molecule has 1 N–H and O–H groups in total. The summed E-state index contributed by atoms with van der Waals surface area (Å²) in [5.41, 5.74) is 2.10. The van der Waals surface area contributed by atoms with Crippen LogP contribution in [0.5, 0.6) is 0 Å². The first-order valence-electron chi connectivity index (χ1n) is 8.44. The van der Waals surface area contributed by atoms with Gasteiger partial charge in [-0.15, -0.1) is 0 Å². The van der Waals surface area contributed by atoms with Gasteiger partial charge in [0.25, 0.3) is 0 Å². The summed E-state index contributed by atoms with van der Waals surface area (Å²) >= 11 is 0. The van der Waals surface area contributed by atoms with Crippen molar-refractivity contribution in [2.75, 3.05) is 13.2 Å². The number of hydrogen-bond donors (Lipinski definition) is 1. The Morgan fingerprint density at radius 1 is 1.04 bits per heavy atom. The molecule has 0 unspecified atom stereocenters. The number of carbonyl (C=O) groups excluding carboxylic acids is 2. The summed E-state index contributed by atoms with van der Waals surface area (Å²) in [7, 11) is 0. The van der Waals surface area contributed by atoms with Crippen LogP contribution in [-0.4, -0.2) is 36.0 Å². The van der Waals surface area contributed by atoms with E-state index < -0.39 is 0 Å². The smallest absolute Gasteiger partial charge is 0.249 e. The van der Waals surface area contributed by atoms with Gasteiger partial charge < -0.3 is 15.0 Å². The topological polar surface area (TPSA) is 58.6 Å². The van der Waals surface area contributed by atoms with Crippen molar-refractivity contribution >= 4 is 11.8 Å². The van der Waals surface area contributed by atoms with Crippen molar-refractivity contribution in [3.05, 3.63) is 71.8 Å². The average Bonchev–Trinajstić information content (AvgIpc) is 2.65. The number of benzene rings is 2. The zero-order valence-corrected chi connectivity index (χ0v) is 14.1. The van der Waals surface area contributed by atoms with Gasteiger partial charge in [-0.2, -0.15) is 0 Å². The predicted molar refractivity (Wildman–Crippen MR) is 94.5 cm³/mol. The molecule has 5 heteroatoms. The van der Waals surface area contributed by atoms with E-state index in [0.717, 1.165) is 11.1 Å². The molecule has 0 radical (unpaired) electrons. The zero-order valence-electron chi connectivity index (χ0n) is 14.1. The Hall–Kier alpha value is -2.66. The second kappa shape index (κ2) is 8.44. The molecule has 3 rings (SSSR count). The molecule has 2 amide bonds. The van der Waals surface area contributed by atoms with Gasteiger partial charge in [-0.25, -0.2) is 0 Å².